The maximum atomic E-state index is 12.9. The molecule has 0 radical (unpaired) electrons. The van der Waals surface area contributed by atoms with Crippen molar-refractivity contribution in [2.75, 3.05) is 13.1 Å². The molecule has 0 unspecified atom stereocenters. The Morgan fingerprint density at radius 2 is 2.00 bits per heavy atom. The minimum absolute atomic E-state index is 0.0929. The van der Waals surface area contributed by atoms with E-state index < -0.39 is 11.7 Å². The van der Waals surface area contributed by atoms with Crippen LogP contribution in [0.4, 0.5) is 13.2 Å². The zero-order valence-corrected chi connectivity index (χ0v) is 9.35. The first kappa shape index (κ1) is 11.1. The number of halogens is 3. The summed E-state index contributed by atoms with van der Waals surface area (Å²) in [4.78, 5) is 0. The molecule has 0 bridgehead atoms. The largest absolute Gasteiger partial charge is 0.416 e. The lowest BCUT2D eigenvalue weighted by Crippen LogP contribution is -2.13. The lowest BCUT2D eigenvalue weighted by atomic mass is 9.95. The second-order valence-corrected chi connectivity index (χ2v) is 5.13. The maximum Gasteiger partial charge on any atom is 0.416 e. The molecule has 1 saturated carbocycles. The van der Waals surface area contributed by atoms with Gasteiger partial charge in [0.25, 0.3) is 0 Å². The molecule has 1 heterocycles. The van der Waals surface area contributed by atoms with Gasteiger partial charge in [-0.25, -0.2) is 0 Å². The van der Waals surface area contributed by atoms with E-state index in [2.05, 4.69) is 5.32 Å². The van der Waals surface area contributed by atoms with Crippen LogP contribution in [0.25, 0.3) is 0 Å². The van der Waals surface area contributed by atoms with Crippen LogP contribution >= 0.6 is 0 Å². The first-order chi connectivity index (χ1) is 8.03. The van der Waals surface area contributed by atoms with E-state index in [1.165, 1.54) is 12.1 Å². The van der Waals surface area contributed by atoms with Crippen molar-refractivity contribution in [2.24, 2.45) is 5.41 Å². The topological polar surface area (TPSA) is 12.0 Å². The molecule has 2 aliphatic rings. The van der Waals surface area contributed by atoms with Gasteiger partial charge in [0.05, 0.1) is 5.56 Å². The Bertz CT molecular complexity index is 433. The van der Waals surface area contributed by atoms with E-state index in [0.29, 0.717) is 5.56 Å². The fourth-order valence-electron chi connectivity index (χ4n) is 3.08. The molecule has 17 heavy (non-hydrogen) atoms. The Kier molecular flexibility index (Phi) is 2.27. The van der Waals surface area contributed by atoms with Crippen LogP contribution in [0.15, 0.2) is 24.3 Å². The van der Waals surface area contributed by atoms with Gasteiger partial charge < -0.3 is 5.32 Å². The van der Waals surface area contributed by atoms with Gasteiger partial charge in [-0.1, -0.05) is 18.2 Å². The summed E-state index contributed by atoms with van der Waals surface area (Å²) in [5.74, 6) is 0.0929. The Morgan fingerprint density at radius 1 is 1.24 bits per heavy atom. The Balaban J connectivity index is 1.94. The van der Waals surface area contributed by atoms with Gasteiger partial charge in [0.2, 0.25) is 0 Å². The lowest BCUT2D eigenvalue weighted by Gasteiger charge is -2.14. The summed E-state index contributed by atoms with van der Waals surface area (Å²) in [7, 11) is 0. The zero-order valence-electron chi connectivity index (χ0n) is 9.35. The highest BCUT2D eigenvalue weighted by atomic mass is 19.4. The molecule has 0 aromatic heterocycles. The van der Waals surface area contributed by atoms with Crippen LogP contribution in [0.1, 0.15) is 29.9 Å². The molecule has 1 N–H and O–H groups in total. The van der Waals surface area contributed by atoms with Crippen molar-refractivity contribution in [3.8, 4) is 0 Å². The van der Waals surface area contributed by atoms with Crippen LogP contribution in [-0.4, -0.2) is 13.1 Å². The predicted octanol–water partition coefficient (Wildman–Crippen LogP) is 3.17. The summed E-state index contributed by atoms with van der Waals surface area (Å²) in [6.07, 6.45) is -2.33. The summed E-state index contributed by atoms with van der Waals surface area (Å²) in [6, 6.07) is 6.01. The van der Waals surface area contributed by atoms with Crippen molar-refractivity contribution >= 4 is 0 Å². The highest BCUT2D eigenvalue weighted by Crippen LogP contribution is 2.63. The molecule has 1 spiro atoms. The molecule has 3 rings (SSSR count). The third-order valence-corrected chi connectivity index (χ3v) is 4.11. The highest BCUT2D eigenvalue weighted by molar-refractivity contribution is 5.39. The van der Waals surface area contributed by atoms with E-state index in [4.69, 9.17) is 0 Å². The molecule has 1 aliphatic heterocycles. The summed E-state index contributed by atoms with van der Waals surface area (Å²) in [6.45, 7) is 1.80. The van der Waals surface area contributed by atoms with Gasteiger partial charge in [0, 0.05) is 6.54 Å². The van der Waals surface area contributed by atoms with Gasteiger partial charge in [-0.2, -0.15) is 13.2 Å². The van der Waals surface area contributed by atoms with Crippen LogP contribution in [0.3, 0.4) is 0 Å². The van der Waals surface area contributed by atoms with Crippen LogP contribution in [0.5, 0.6) is 0 Å². The van der Waals surface area contributed by atoms with Crippen molar-refractivity contribution in [1.29, 1.82) is 0 Å². The molecule has 1 nitrogen and oxygen atoms in total. The van der Waals surface area contributed by atoms with Crippen molar-refractivity contribution in [2.45, 2.75) is 24.9 Å². The quantitative estimate of drug-likeness (QED) is 0.796. The maximum absolute atomic E-state index is 12.9. The fourth-order valence-corrected chi connectivity index (χ4v) is 3.08. The monoisotopic (exact) mass is 241 g/mol. The third kappa shape index (κ3) is 1.75. The summed E-state index contributed by atoms with van der Waals surface area (Å²) in [5.41, 5.74) is 0.152. The van der Waals surface area contributed by atoms with E-state index in [1.54, 1.807) is 12.1 Å². The average molecular weight is 241 g/mol. The van der Waals surface area contributed by atoms with Crippen LogP contribution in [0.2, 0.25) is 0 Å². The van der Waals surface area contributed by atoms with Gasteiger partial charge in [0.15, 0.2) is 0 Å². The average Bonchev–Trinajstić information content (AvgIpc) is 2.75. The lowest BCUT2D eigenvalue weighted by molar-refractivity contribution is -0.138. The zero-order chi connectivity index (χ0) is 12.1. The summed E-state index contributed by atoms with van der Waals surface area (Å²) in [5, 5.41) is 3.25. The van der Waals surface area contributed by atoms with Crippen molar-refractivity contribution in [1.82, 2.24) is 5.32 Å². The highest BCUT2D eigenvalue weighted by Gasteiger charge is 2.57. The summed E-state index contributed by atoms with van der Waals surface area (Å²) >= 11 is 0. The Hall–Kier alpha value is -1.03. The van der Waals surface area contributed by atoms with Gasteiger partial charge in [-0.15, -0.1) is 0 Å². The number of benzene rings is 1. The van der Waals surface area contributed by atoms with Gasteiger partial charge in [-0.3, -0.25) is 0 Å². The molecule has 4 heteroatoms. The second kappa shape index (κ2) is 3.48. The van der Waals surface area contributed by atoms with E-state index in [1.807, 2.05) is 0 Å². The van der Waals surface area contributed by atoms with Gasteiger partial charge in [0.1, 0.15) is 0 Å². The number of alkyl halides is 3. The second-order valence-electron chi connectivity index (χ2n) is 5.13. The Labute approximate surface area is 98.0 Å². The molecule has 2 atom stereocenters. The van der Waals surface area contributed by atoms with E-state index in [9.17, 15) is 13.2 Å². The molecular formula is C13H14F3N. The standard InChI is InChI=1S/C13H14F3N/c14-13(15,16)10-4-2-1-3-9(10)11-7-12(11)5-6-17-8-12/h1-4,11,17H,5-8H2/t11-,12+/m1/s1. The predicted molar refractivity (Wildman–Crippen MR) is 58.7 cm³/mol. The van der Waals surface area contributed by atoms with Gasteiger partial charge in [-0.05, 0) is 42.3 Å². The number of hydrogen-bond acceptors (Lipinski definition) is 1. The summed E-state index contributed by atoms with van der Waals surface area (Å²) < 4.78 is 38.7. The number of hydrogen-bond donors (Lipinski definition) is 1. The first-order valence-electron chi connectivity index (χ1n) is 5.90. The molecule has 1 aromatic rings. The normalized spacial score (nSPS) is 32.1. The van der Waals surface area contributed by atoms with Gasteiger partial charge >= 0.3 is 6.18 Å². The van der Waals surface area contributed by atoms with Crippen molar-refractivity contribution in [3.05, 3.63) is 35.4 Å². The van der Waals surface area contributed by atoms with E-state index in [-0.39, 0.29) is 11.3 Å². The molecule has 1 saturated heterocycles. The molecule has 92 valence electrons. The van der Waals surface area contributed by atoms with Crippen LogP contribution < -0.4 is 5.32 Å². The van der Waals surface area contributed by atoms with Crippen LogP contribution in [0, 0.1) is 5.41 Å². The molecule has 2 fully saturated rings. The van der Waals surface area contributed by atoms with E-state index >= 15 is 0 Å². The van der Waals surface area contributed by atoms with Crippen molar-refractivity contribution in [3.63, 3.8) is 0 Å². The molecule has 1 aliphatic carbocycles. The number of rotatable bonds is 1. The fraction of sp³-hybridized carbons (Fsp3) is 0.538. The van der Waals surface area contributed by atoms with E-state index in [0.717, 1.165) is 25.9 Å². The minimum Gasteiger partial charge on any atom is -0.316 e. The van der Waals surface area contributed by atoms with Crippen LogP contribution in [-0.2, 0) is 6.18 Å². The van der Waals surface area contributed by atoms with Crippen molar-refractivity contribution < 1.29 is 13.2 Å². The Morgan fingerprint density at radius 3 is 2.65 bits per heavy atom. The SMILES string of the molecule is FC(F)(F)c1ccccc1[C@H]1C[C@]12CCNC2. The minimum atomic E-state index is -4.23. The number of nitrogens with one attached hydrogen (secondary N) is 1. The third-order valence-electron chi connectivity index (χ3n) is 4.11. The molecule has 1 aromatic carbocycles. The first-order valence-corrected chi connectivity index (χ1v) is 5.90. The molecular weight excluding hydrogens is 227 g/mol. The smallest absolute Gasteiger partial charge is 0.316 e. The molecule has 0 amide bonds.